The lowest BCUT2D eigenvalue weighted by atomic mass is 10.1. The first-order valence-corrected chi connectivity index (χ1v) is 11.6. The highest BCUT2D eigenvalue weighted by Gasteiger charge is 2.41. The predicted molar refractivity (Wildman–Crippen MR) is 111 cm³/mol. The van der Waals surface area contributed by atoms with Crippen molar-refractivity contribution in [3.05, 3.63) is 47.9 Å². The van der Waals surface area contributed by atoms with Crippen molar-refractivity contribution in [2.75, 3.05) is 18.8 Å². The summed E-state index contributed by atoms with van der Waals surface area (Å²) in [7, 11) is -3.05. The predicted octanol–water partition coefficient (Wildman–Crippen LogP) is 2.33. The minimum Gasteiger partial charge on any atom is -0.392 e. The number of aliphatic hydroxyl groups is 1. The van der Waals surface area contributed by atoms with E-state index in [-0.39, 0.29) is 28.0 Å². The van der Waals surface area contributed by atoms with Gasteiger partial charge in [-0.05, 0) is 43.9 Å². The number of rotatable bonds is 3. The second kappa shape index (κ2) is 8.68. The molecule has 3 N–H and O–H groups in total. The molecule has 3 aromatic rings. The molecule has 0 bridgehead atoms. The first-order chi connectivity index (χ1) is 15.2. The number of nitrogens with zero attached hydrogens (tertiary/aromatic N) is 4. The van der Waals surface area contributed by atoms with Gasteiger partial charge in [-0.2, -0.15) is 4.31 Å². The van der Waals surface area contributed by atoms with Crippen LogP contribution in [-0.2, 0) is 10.0 Å². The van der Waals surface area contributed by atoms with Gasteiger partial charge in [-0.25, -0.2) is 31.1 Å². The molecule has 0 amide bonds. The lowest BCUT2D eigenvalue weighted by Crippen LogP contribution is -2.43. The molecule has 1 aliphatic carbocycles. The summed E-state index contributed by atoms with van der Waals surface area (Å²) in [6.45, 7) is 0.898. The van der Waals surface area contributed by atoms with Gasteiger partial charge in [0.15, 0.2) is 5.82 Å². The van der Waals surface area contributed by atoms with Gasteiger partial charge in [-0.3, -0.25) is 0 Å². The second-order valence-corrected chi connectivity index (χ2v) is 10.0. The lowest BCUT2D eigenvalue weighted by Gasteiger charge is -2.29. The molecule has 1 aliphatic heterocycles. The Kier molecular flexibility index (Phi) is 6.10. The molecule has 0 radical (unpaired) electrons. The van der Waals surface area contributed by atoms with Crippen LogP contribution in [0.5, 0.6) is 0 Å². The van der Waals surface area contributed by atoms with Gasteiger partial charge < -0.3 is 10.8 Å². The van der Waals surface area contributed by atoms with Crippen LogP contribution >= 0.6 is 0 Å². The summed E-state index contributed by atoms with van der Waals surface area (Å²) in [5, 5.41) is 13.0. The zero-order chi connectivity index (χ0) is 23.0. The van der Waals surface area contributed by atoms with E-state index in [0.29, 0.717) is 13.1 Å². The Bertz CT molecular complexity index is 1250. The molecule has 1 saturated carbocycles. The van der Waals surface area contributed by atoms with Gasteiger partial charge in [-0.15, -0.1) is 5.10 Å². The van der Waals surface area contributed by atoms with Crippen molar-refractivity contribution < 1.29 is 26.7 Å². The van der Waals surface area contributed by atoms with Crippen LogP contribution in [0.3, 0.4) is 0 Å². The standard InChI is InChI=1S/C12H7F3N4.C8H15NO3S/c13-6-1-2-8(14)7(3-6)10-4-9(15)11-5-17-12(16)18-19(10)11;10-7-2-1-5-9(6-7)13(11,12)8-3-4-8/h1-5H,(H2,16,18);7-8,10H,1-6H2. The molecule has 5 rings (SSSR count). The summed E-state index contributed by atoms with van der Waals surface area (Å²) in [5.74, 6) is -2.05. The van der Waals surface area contributed by atoms with Gasteiger partial charge in [0, 0.05) is 24.7 Å². The number of nitrogens with two attached hydrogens (primary N) is 1. The fraction of sp³-hybridized carbons (Fsp3) is 0.400. The molecule has 1 atom stereocenters. The molecule has 3 heterocycles. The maximum absolute atomic E-state index is 13.7. The van der Waals surface area contributed by atoms with Crippen molar-refractivity contribution in [3.63, 3.8) is 0 Å². The largest absolute Gasteiger partial charge is 0.392 e. The van der Waals surface area contributed by atoms with E-state index in [9.17, 15) is 26.7 Å². The average Bonchev–Trinajstić information content (AvgIpc) is 3.56. The van der Waals surface area contributed by atoms with Crippen molar-refractivity contribution in [1.82, 2.24) is 18.9 Å². The van der Waals surface area contributed by atoms with Gasteiger partial charge in [-0.1, -0.05) is 0 Å². The third-order valence-corrected chi connectivity index (χ3v) is 7.72. The fourth-order valence-corrected chi connectivity index (χ4v) is 5.50. The van der Waals surface area contributed by atoms with Gasteiger partial charge in [0.05, 0.1) is 23.2 Å². The Morgan fingerprint density at radius 3 is 2.53 bits per heavy atom. The monoisotopic (exact) mass is 469 g/mol. The summed E-state index contributed by atoms with van der Waals surface area (Å²) in [4.78, 5) is 3.65. The number of nitrogen functional groups attached to an aromatic ring is 1. The average molecular weight is 469 g/mol. The highest BCUT2D eigenvalue weighted by Crippen LogP contribution is 2.32. The minimum absolute atomic E-state index is 0.0351. The van der Waals surface area contributed by atoms with Crippen molar-refractivity contribution in [2.24, 2.45) is 0 Å². The van der Waals surface area contributed by atoms with Crippen molar-refractivity contribution in [1.29, 1.82) is 0 Å². The third-order valence-electron chi connectivity index (χ3n) is 5.36. The van der Waals surface area contributed by atoms with Crippen LogP contribution in [-0.4, -0.2) is 56.9 Å². The number of halogens is 3. The molecule has 2 aliphatic rings. The molecule has 2 fully saturated rings. The molecule has 32 heavy (non-hydrogen) atoms. The Morgan fingerprint density at radius 2 is 1.84 bits per heavy atom. The van der Waals surface area contributed by atoms with Gasteiger partial charge >= 0.3 is 0 Å². The molecule has 1 aromatic carbocycles. The Labute approximate surface area is 182 Å². The van der Waals surface area contributed by atoms with Crippen LogP contribution < -0.4 is 5.73 Å². The minimum atomic E-state index is -3.05. The third kappa shape index (κ3) is 4.57. The second-order valence-electron chi connectivity index (χ2n) is 7.81. The van der Waals surface area contributed by atoms with E-state index < -0.39 is 33.6 Å². The Hall–Kier alpha value is -2.70. The SMILES string of the molecule is Nc1ncc2c(F)cc(-c3cc(F)ccc3F)n2n1.O=S(=O)(C1CC1)N1CCCC(O)C1. The summed E-state index contributed by atoms with van der Waals surface area (Å²) in [6.07, 6.45) is 3.84. The Balaban J connectivity index is 0.000000165. The number of aromatic nitrogens is 3. The normalized spacial score (nSPS) is 19.6. The number of β-amino-alcohol motifs (C(OH)–C–C–N with tert-alkyl or cyclic N) is 1. The van der Waals surface area contributed by atoms with Gasteiger partial charge in [0.1, 0.15) is 17.2 Å². The zero-order valence-corrected chi connectivity index (χ0v) is 17.8. The highest BCUT2D eigenvalue weighted by molar-refractivity contribution is 7.90. The highest BCUT2D eigenvalue weighted by atomic mass is 32.2. The van der Waals surface area contributed by atoms with E-state index in [4.69, 9.17) is 5.73 Å². The van der Waals surface area contributed by atoms with Crippen LogP contribution in [0.2, 0.25) is 0 Å². The molecular formula is C20H22F3N5O3S. The van der Waals surface area contributed by atoms with Gasteiger partial charge in [0.25, 0.3) is 0 Å². The van der Waals surface area contributed by atoms with Crippen molar-refractivity contribution in [3.8, 4) is 11.3 Å². The van der Waals surface area contributed by atoms with Crippen molar-refractivity contribution in [2.45, 2.75) is 37.0 Å². The molecule has 172 valence electrons. The number of aliphatic hydroxyl groups excluding tert-OH is 1. The zero-order valence-electron chi connectivity index (χ0n) is 17.0. The molecular weight excluding hydrogens is 447 g/mol. The summed E-state index contributed by atoms with van der Waals surface area (Å²) in [6, 6.07) is 3.97. The molecule has 8 nitrogen and oxygen atoms in total. The van der Waals surface area contributed by atoms with Gasteiger partial charge in [0.2, 0.25) is 16.0 Å². The Morgan fingerprint density at radius 1 is 1.09 bits per heavy atom. The van der Waals surface area contributed by atoms with E-state index in [1.807, 2.05) is 0 Å². The summed E-state index contributed by atoms with van der Waals surface area (Å²) < 4.78 is 66.6. The molecule has 1 saturated heterocycles. The van der Waals surface area contributed by atoms with E-state index in [1.165, 1.54) is 10.5 Å². The molecule has 2 aromatic heterocycles. The number of piperidine rings is 1. The smallest absolute Gasteiger partial charge is 0.238 e. The van der Waals surface area contributed by atoms with E-state index >= 15 is 0 Å². The topological polar surface area (TPSA) is 114 Å². The number of sulfonamides is 1. The lowest BCUT2D eigenvalue weighted by molar-refractivity contribution is 0.108. The quantitative estimate of drug-likeness (QED) is 0.609. The number of fused-ring (bicyclic) bond motifs is 1. The maximum atomic E-state index is 13.7. The number of hydrogen-bond donors (Lipinski definition) is 2. The van der Waals surface area contributed by atoms with Crippen molar-refractivity contribution >= 4 is 21.5 Å². The number of hydrogen-bond acceptors (Lipinski definition) is 6. The molecule has 12 heteroatoms. The van der Waals surface area contributed by atoms with Crippen LogP contribution in [0.4, 0.5) is 19.1 Å². The van der Waals surface area contributed by atoms with Crippen LogP contribution in [0.1, 0.15) is 25.7 Å². The molecule has 0 spiro atoms. The summed E-state index contributed by atoms with van der Waals surface area (Å²) >= 11 is 0. The first-order valence-electron chi connectivity index (χ1n) is 10.1. The van der Waals surface area contributed by atoms with E-state index in [0.717, 1.165) is 54.5 Å². The first kappa shape index (κ1) is 22.5. The number of benzene rings is 1. The van der Waals surface area contributed by atoms with E-state index in [1.54, 1.807) is 0 Å². The summed E-state index contributed by atoms with van der Waals surface area (Å²) in [5.41, 5.74) is 5.42. The molecule has 1 unspecified atom stereocenters. The van der Waals surface area contributed by atoms with Crippen LogP contribution in [0.15, 0.2) is 30.5 Å². The van der Waals surface area contributed by atoms with Crippen LogP contribution in [0.25, 0.3) is 16.8 Å². The fourth-order valence-electron chi connectivity index (χ4n) is 3.58. The number of anilines is 1. The van der Waals surface area contributed by atoms with Crippen LogP contribution in [0, 0.1) is 17.5 Å². The maximum Gasteiger partial charge on any atom is 0.238 e. The van der Waals surface area contributed by atoms with E-state index in [2.05, 4.69) is 10.1 Å².